The highest BCUT2D eigenvalue weighted by Gasteiger charge is 2.05. The topological polar surface area (TPSA) is 22.1 Å². The lowest BCUT2D eigenvalue weighted by atomic mass is 10.3. The van der Waals surface area contributed by atoms with Crippen molar-refractivity contribution in [3.63, 3.8) is 0 Å². The van der Waals surface area contributed by atoms with E-state index in [1.54, 1.807) is 18.4 Å². The van der Waals surface area contributed by atoms with Crippen molar-refractivity contribution in [2.24, 2.45) is 0 Å². The van der Waals surface area contributed by atoms with Crippen LogP contribution in [0.5, 0.6) is 5.75 Å². The minimum absolute atomic E-state index is 0.742. The third-order valence-corrected chi connectivity index (χ3v) is 3.27. The van der Waals surface area contributed by atoms with Crippen molar-refractivity contribution in [1.82, 2.24) is 4.98 Å². The molecule has 0 aliphatic carbocycles. The molecule has 0 aliphatic heterocycles. The maximum atomic E-state index is 5.11. The van der Waals surface area contributed by atoms with Gasteiger partial charge in [0.05, 0.1) is 17.7 Å². The number of halogens is 1. The maximum absolute atomic E-state index is 5.11. The molecule has 0 unspecified atom stereocenters. The second-order valence-electron chi connectivity index (χ2n) is 2.67. The van der Waals surface area contributed by atoms with Crippen LogP contribution in [0.15, 0.2) is 34.2 Å². The molecule has 2 aromatic rings. The molecule has 2 rings (SSSR count). The van der Waals surface area contributed by atoms with Crippen LogP contribution in [0.4, 0.5) is 0 Å². The predicted octanol–water partition coefficient (Wildman–Crippen LogP) is 3.58. The summed E-state index contributed by atoms with van der Waals surface area (Å²) in [6.07, 6.45) is 0. The first kappa shape index (κ1) is 9.68. The third-order valence-electron chi connectivity index (χ3n) is 1.81. The van der Waals surface area contributed by atoms with E-state index >= 15 is 0 Å². The van der Waals surface area contributed by atoms with Crippen molar-refractivity contribution >= 4 is 27.3 Å². The smallest absolute Gasteiger partial charge is 0.151 e. The van der Waals surface area contributed by atoms with Gasteiger partial charge >= 0.3 is 0 Å². The summed E-state index contributed by atoms with van der Waals surface area (Å²) in [5.41, 5.74) is 0.965. The Morgan fingerprint density at radius 1 is 1.36 bits per heavy atom. The fourth-order valence-corrected chi connectivity index (χ4v) is 2.32. The summed E-state index contributed by atoms with van der Waals surface area (Å²) >= 11 is 5.04. The second kappa shape index (κ2) is 4.11. The van der Waals surface area contributed by atoms with Gasteiger partial charge in [0, 0.05) is 0 Å². The summed E-state index contributed by atoms with van der Waals surface area (Å²) in [4.78, 5) is 5.55. The van der Waals surface area contributed by atoms with Crippen molar-refractivity contribution in [2.75, 3.05) is 7.11 Å². The molecule has 2 nitrogen and oxygen atoms in total. The Morgan fingerprint density at radius 2 is 2.21 bits per heavy atom. The molecule has 14 heavy (non-hydrogen) atoms. The first-order valence-electron chi connectivity index (χ1n) is 4.05. The van der Waals surface area contributed by atoms with Crippen LogP contribution in [-0.2, 0) is 0 Å². The molecular weight excluding hydrogens is 262 g/mol. The highest BCUT2D eigenvalue weighted by atomic mass is 79.9. The Kier molecular flexibility index (Phi) is 2.84. The number of aromatic nitrogens is 1. The van der Waals surface area contributed by atoms with E-state index in [0.29, 0.717) is 0 Å². The lowest BCUT2D eigenvalue weighted by Crippen LogP contribution is -1.88. The Labute approximate surface area is 94.7 Å². The van der Waals surface area contributed by atoms with Crippen LogP contribution >= 0.6 is 27.3 Å². The fraction of sp³-hybridized carbons (Fsp3) is 0.100. The number of thiophene rings is 1. The summed E-state index contributed by atoms with van der Waals surface area (Å²) < 4.78 is 5.85. The molecule has 0 amide bonds. The molecular formula is C10H8BrNOS. The molecule has 0 N–H and O–H groups in total. The van der Waals surface area contributed by atoms with Gasteiger partial charge in [0.1, 0.15) is 4.60 Å². The molecule has 2 heterocycles. The molecule has 2 aromatic heterocycles. The average Bonchev–Trinajstić information content (AvgIpc) is 2.70. The lowest BCUT2D eigenvalue weighted by molar-refractivity contribution is 0.410. The molecule has 0 aliphatic rings. The molecule has 4 heteroatoms. The Balaban J connectivity index is 2.43. The Bertz CT molecular complexity index is 428. The van der Waals surface area contributed by atoms with E-state index in [9.17, 15) is 0 Å². The first-order valence-corrected chi connectivity index (χ1v) is 5.73. The summed E-state index contributed by atoms with van der Waals surface area (Å²) in [6, 6.07) is 7.92. The van der Waals surface area contributed by atoms with Gasteiger partial charge in [0.15, 0.2) is 5.75 Å². The molecule has 72 valence electrons. The SMILES string of the molecule is COc1ccc(-c2cccs2)nc1Br. The first-order chi connectivity index (χ1) is 6.81. The van der Waals surface area contributed by atoms with E-state index in [2.05, 4.69) is 20.9 Å². The molecule has 0 saturated carbocycles. The van der Waals surface area contributed by atoms with E-state index in [1.807, 2.05) is 29.6 Å². The molecule has 0 atom stereocenters. The third kappa shape index (κ3) is 1.81. The maximum Gasteiger partial charge on any atom is 0.151 e. The minimum atomic E-state index is 0.742. The van der Waals surface area contributed by atoms with Gasteiger partial charge in [-0.15, -0.1) is 11.3 Å². The van der Waals surface area contributed by atoms with Gasteiger partial charge < -0.3 is 4.74 Å². The standard InChI is InChI=1S/C10H8BrNOS/c1-13-8-5-4-7(12-10(8)11)9-3-2-6-14-9/h2-6H,1H3. The van der Waals surface area contributed by atoms with Gasteiger partial charge in [-0.3, -0.25) is 0 Å². The molecule has 0 radical (unpaired) electrons. The van der Waals surface area contributed by atoms with Crippen molar-refractivity contribution in [3.05, 3.63) is 34.2 Å². The largest absolute Gasteiger partial charge is 0.494 e. The number of hydrogen-bond donors (Lipinski definition) is 0. The second-order valence-corrected chi connectivity index (χ2v) is 4.37. The average molecular weight is 270 g/mol. The van der Waals surface area contributed by atoms with Gasteiger partial charge in [-0.1, -0.05) is 6.07 Å². The van der Waals surface area contributed by atoms with Crippen LogP contribution in [-0.4, -0.2) is 12.1 Å². The van der Waals surface area contributed by atoms with Crippen LogP contribution in [0.2, 0.25) is 0 Å². The number of hydrogen-bond acceptors (Lipinski definition) is 3. The van der Waals surface area contributed by atoms with Gasteiger partial charge in [-0.25, -0.2) is 4.98 Å². The molecule has 0 aromatic carbocycles. The summed E-state index contributed by atoms with van der Waals surface area (Å²) in [5, 5.41) is 2.04. The van der Waals surface area contributed by atoms with E-state index in [1.165, 1.54) is 0 Å². The monoisotopic (exact) mass is 269 g/mol. The molecule has 0 fully saturated rings. The minimum Gasteiger partial charge on any atom is -0.494 e. The lowest BCUT2D eigenvalue weighted by Gasteiger charge is -2.03. The zero-order valence-electron chi connectivity index (χ0n) is 7.53. The zero-order valence-corrected chi connectivity index (χ0v) is 9.93. The summed E-state index contributed by atoms with van der Waals surface area (Å²) in [7, 11) is 1.63. The van der Waals surface area contributed by atoms with Crippen LogP contribution in [0.1, 0.15) is 0 Å². The molecule has 0 spiro atoms. The molecule has 0 saturated heterocycles. The van der Waals surface area contributed by atoms with Crippen LogP contribution in [0.3, 0.4) is 0 Å². The Morgan fingerprint density at radius 3 is 2.79 bits per heavy atom. The van der Waals surface area contributed by atoms with E-state index in [-0.39, 0.29) is 0 Å². The highest BCUT2D eigenvalue weighted by Crippen LogP contribution is 2.28. The Hall–Kier alpha value is -0.870. The number of rotatable bonds is 2. The van der Waals surface area contributed by atoms with E-state index < -0.39 is 0 Å². The van der Waals surface area contributed by atoms with Crippen molar-refractivity contribution < 1.29 is 4.74 Å². The summed E-state index contributed by atoms with van der Waals surface area (Å²) in [6.45, 7) is 0. The number of nitrogens with zero attached hydrogens (tertiary/aromatic N) is 1. The van der Waals surface area contributed by atoms with Gasteiger partial charge in [0.2, 0.25) is 0 Å². The highest BCUT2D eigenvalue weighted by molar-refractivity contribution is 9.10. The normalized spacial score (nSPS) is 10.1. The van der Waals surface area contributed by atoms with Gasteiger partial charge in [-0.05, 0) is 39.5 Å². The number of methoxy groups -OCH3 is 1. The van der Waals surface area contributed by atoms with Crippen molar-refractivity contribution in [2.45, 2.75) is 0 Å². The van der Waals surface area contributed by atoms with E-state index in [0.717, 1.165) is 20.9 Å². The number of pyridine rings is 1. The fourth-order valence-electron chi connectivity index (χ4n) is 1.14. The number of ether oxygens (including phenoxy) is 1. The van der Waals surface area contributed by atoms with Crippen molar-refractivity contribution in [3.8, 4) is 16.3 Å². The van der Waals surface area contributed by atoms with Crippen molar-refractivity contribution in [1.29, 1.82) is 0 Å². The predicted molar refractivity (Wildman–Crippen MR) is 61.8 cm³/mol. The van der Waals surface area contributed by atoms with Crippen LogP contribution in [0, 0.1) is 0 Å². The van der Waals surface area contributed by atoms with Crippen LogP contribution in [0.25, 0.3) is 10.6 Å². The van der Waals surface area contributed by atoms with Crippen LogP contribution < -0.4 is 4.74 Å². The zero-order chi connectivity index (χ0) is 9.97. The van der Waals surface area contributed by atoms with Gasteiger partial charge in [-0.2, -0.15) is 0 Å². The quantitative estimate of drug-likeness (QED) is 0.778. The molecule has 0 bridgehead atoms. The van der Waals surface area contributed by atoms with Gasteiger partial charge in [0.25, 0.3) is 0 Å². The van der Waals surface area contributed by atoms with E-state index in [4.69, 9.17) is 4.74 Å². The summed E-state index contributed by atoms with van der Waals surface area (Å²) in [5.74, 6) is 0.755.